The minimum absolute atomic E-state index is 0.0346. The number of ether oxygens (including phenoxy) is 2. The van der Waals surface area contributed by atoms with E-state index in [0.717, 1.165) is 50.1 Å². The molecule has 0 saturated carbocycles. The molecule has 0 aliphatic carbocycles. The highest BCUT2D eigenvalue weighted by Crippen LogP contribution is 2.31. The molecule has 2 aromatic heterocycles. The first-order chi connectivity index (χ1) is 16.6. The fraction of sp³-hybridized carbons (Fsp3) is 0.480. The van der Waals surface area contributed by atoms with Crippen LogP contribution >= 0.6 is 0 Å². The van der Waals surface area contributed by atoms with E-state index in [2.05, 4.69) is 20.4 Å². The van der Waals surface area contributed by atoms with Gasteiger partial charge in [0.2, 0.25) is 17.6 Å². The number of nitrogens with one attached hydrogen (secondary N) is 1. The quantitative estimate of drug-likeness (QED) is 0.481. The largest absolute Gasteiger partial charge is 0.493 e. The SMILES string of the molecule is COc1ccc(-c2noc(CN3CCC(C(=O)N[C@H](C)CCc4ccco4)CC3)n2)cc1OC. The zero-order chi connectivity index (χ0) is 23.9. The molecule has 3 heterocycles. The Bertz CT molecular complexity index is 1060. The zero-order valence-electron chi connectivity index (χ0n) is 20.0. The molecule has 0 radical (unpaired) electrons. The number of nitrogens with zero attached hydrogens (tertiary/aromatic N) is 3. The third-order valence-corrected chi connectivity index (χ3v) is 6.22. The van der Waals surface area contributed by atoms with Gasteiger partial charge in [0.1, 0.15) is 5.76 Å². The number of rotatable bonds is 10. The molecule has 3 aromatic rings. The highest BCUT2D eigenvalue weighted by molar-refractivity contribution is 5.79. The molecule has 1 atom stereocenters. The lowest BCUT2D eigenvalue weighted by Crippen LogP contribution is -2.43. The van der Waals surface area contributed by atoms with Gasteiger partial charge in [-0.1, -0.05) is 5.16 Å². The van der Waals surface area contributed by atoms with Crippen molar-refractivity contribution in [2.45, 2.75) is 45.2 Å². The topological polar surface area (TPSA) is 103 Å². The summed E-state index contributed by atoms with van der Waals surface area (Å²) in [5.41, 5.74) is 0.796. The van der Waals surface area contributed by atoms with Crippen LogP contribution in [0.4, 0.5) is 0 Å². The van der Waals surface area contributed by atoms with Crippen molar-refractivity contribution in [2.75, 3.05) is 27.3 Å². The predicted molar refractivity (Wildman–Crippen MR) is 125 cm³/mol. The average molecular weight is 469 g/mol. The number of aromatic nitrogens is 2. The van der Waals surface area contributed by atoms with E-state index in [4.69, 9.17) is 18.4 Å². The lowest BCUT2D eigenvalue weighted by atomic mass is 9.95. The van der Waals surface area contributed by atoms with E-state index in [1.807, 2.05) is 37.3 Å². The van der Waals surface area contributed by atoms with Gasteiger partial charge in [0.15, 0.2) is 11.5 Å². The number of piperidine rings is 1. The number of furan rings is 1. The van der Waals surface area contributed by atoms with E-state index < -0.39 is 0 Å². The van der Waals surface area contributed by atoms with Crippen LogP contribution in [0.5, 0.6) is 11.5 Å². The number of hydrogen-bond donors (Lipinski definition) is 1. The Hall–Kier alpha value is -3.33. The molecule has 1 fully saturated rings. The molecule has 182 valence electrons. The van der Waals surface area contributed by atoms with E-state index in [1.54, 1.807) is 20.5 Å². The maximum absolute atomic E-state index is 12.7. The van der Waals surface area contributed by atoms with Crippen LogP contribution in [0, 0.1) is 5.92 Å². The maximum Gasteiger partial charge on any atom is 0.241 e. The van der Waals surface area contributed by atoms with Crippen LogP contribution < -0.4 is 14.8 Å². The molecular formula is C25H32N4O5. The minimum Gasteiger partial charge on any atom is -0.493 e. The van der Waals surface area contributed by atoms with E-state index in [1.165, 1.54) is 0 Å². The second kappa shape index (κ2) is 11.2. The molecule has 1 aliphatic heterocycles. The number of hydrogen-bond acceptors (Lipinski definition) is 8. The normalized spacial score (nSPS) is 15.7. The van der Waals surface area contributed by atoms with Gasteiger partial charge in [-0.3, -0.25) is 9.69 Å². The summed E-state index contributed by atoms with van der Waals surface area (Å²) in [4.78, 5) is 19.5. The Kier molecular flexibility index (Phi) is 7.84. The van der Waals surface area contributed by atoms with Gasteiger partial charge in [-0.2, -0.15) is 4.98 Å². The Labute approximate surface area is 199 Å². The molecule has 1 N–H and O–H groups in total. The maximum atomic E-state index is 12.7. The number of amides is 1. The number of carbonyl (C=O) groups is 1. The summed E-state index contributed by atoms with van der Waals surface area (Å²) in [7, 11) is 3.19. The number of carbonyl (C=O) groups excluding carboxylic acids is 1. The average Bonchev–Trinajstić information content (AvgIpc) is 3.55. The first kappa shape index (κ1) is 23.8. The third-order valence-electron chi connectivity index (χ3n) is 6.22. The summed E-state index contributed by atoms with van der Waals surface area (Å²) >= 11 is 0. The summed E-state index contributed by atoms with van der Waals surface area (Å²) in [5.74, 6) is 3.45. The van der Waals surface area contributed by atoms with Crippen LogP contribution in [-0.4, -0.2) is 54.3 Å². The second-order valence-electron chi connectivity index (χ2n) is 8.66. The summed E-state index contributed by atoms with van der Waals surface area (Å²) in [5, 5.41) is 7.27. The zero-order valence-corrected chi connectivity index (χ0v) is 20.0. The Morgan fingerprint density at radius 3 is 2.71 bits per heavy atom. The molecule has 0 bridgehead atoms. The Balaban J connectivity index is 1.23. The smallest absolute Gasteiger partial charge is 0.241 e. The fourth-order valence-electron chi connectivity index (χ4n) is 4.20. The lowest BCUT2D eigenvalue weighted by Gasteiger charge is -2.30. The van der Waals surface area contributed by atoms with Gasteiger partial charge in [0.25, 0.3) is 0 Å². The minimum atomic E-state index is 0.0346. The molecule has 1 aromatic carbocycles. The molecule has 9 heteroatoms. The molecule has 34 heavy (non-hydrogen) atoms. The number of benzene rings is 1. The van der Waals surface area contributed by atoms with Crippen LogP contribution in [0.3, 0.4) is 0 Å². The van der Waals surface area contributed by atoms with Crippen LogP contribution in [0.25, 0.3) is 11.4 Å². The van der Waals surface area contributed by atoms with Gasteiger partial charge in [-0.05, 0) is 69.6 Å². The van der Waals surface area contributed by atoms with Crippen molar-refractivity contribution in [3.8, 4) is 22.9 Å². The molecule has 0 unspecified atom stereocenters. The highest BCUT2D eigenvalue weighted by Gasteiger charge is 2.27. The highest BCUT2D eigenvalue weighted by atomic mass is 16.5. The van der Waals surface area contributed by atoms with Gasteiger partial charge < -0.3 is 23.7 Å². The van der Waals surface area contributed by atoms with Crippen LogP contribution in [-0.2, 0) is 17.8 Å². The summed E-state index contributed by atoms with van der Waals surface area (Å²) in [6.45, 7) is 4.23. The summed E-state index contributed by atoms with van der Waals surface area (Å²) in [6, 6.07) is 9.48. The lowest BCUT2D eigenvalue weighted by molar-refractivity contribution is -0.127. The Morgan fingerprint density at radius 1 is 1.21 bits per heavy atom. The van der Waals surface area contributed by atoms with Crippen LogP contribution in [0.15, 0.2) is 45.5 Å². The summed E-state index contributed by atoms with van der Waals surface area (Å²) < 4.78 is 21.5. The summed E-state index contributed by atoms with van der Waals surface area (Å²) in [6.07, 6.45) is 4.98. The molecule has 0 spiro atoms. The van der Waals surface area contributed by atoms with Crippen LogP contribution in [0.2, 0.25) is 0 Å². The van der Waals surface area contributed by atoms with Gasteiger partial charge in [0, 0.05) is 23.9 Å². The molecular weight excluding hydrogens is 436 g/mol. The van der Waals surface area contributed by atoms with Crippen molar-refractivity contribution in [1.29, 1.82) is 0 Å². The molecule has 1 amide bonds. The van der Waals surface area contributed by atoms with Crippen molar-refractivity contribution in [1.82, 2.24) is 20.4 Å². The number of likely N-dealkylation sites (tertiary alicyclic amines) is 1. The van der Waals surface area contributed by atoms with Gasteiger partial charge >= 0.3 is 0 Å². The van der Waals surface area contributed by atoms with Gasteiger partial charge in [0.05, 0.1) is 27.0 Å². The van der Waals surface area contributed by atoms with Gasteiger partial charge in [-0.15, -0.1) is 0 Å². The van der Waals surface area contributed by atoms with Gasteiger partial charge in [-0.25, -0.2) is 0 Å². The molecule has 1 saturated heterocycles. The van der Waals surface area contributed by atoms with E-state index in [9.17, 15) is 4.79 Å². The fourth-order valence-corrected chi connectivity index (χ4v) is 4.20. The Morgan fingerprint density at radius 2 is 2.00 bits per heavy atom. The monoisotopic (exact) mass is 468 g/mol. The first-order valence-corrected chi connectivity index (χ1v) is 11.7. The standard InChI is InChI=1S/C25H32N4O5/c1-17(6-8-20-5-4-14-33-20)26-25(30)18-10-12-29(13-11-18)16-23-27-24(28-34-23)19-7-9-21(31-2)22(15-19)32-3/h4-5,7,9,14-15,17-18H,6,8,10-13,16H2,1-3H3,(H,26,30)/t17-/m1/s1. The van der Waals surface area contributed by atoms with Crippen LogP contribution in [0.1, 0.15) is 37.8 Å². The van der Waals surface area contributed by atoms with E-state index in [-0.39, 0.29) is 17.9 Å². The number of aryl methyl sites for hydroxylation is 1. The van der Waals surface area contributed by atoms with Crippen molar-refractivity contribution in [3.63, 3.8) is 0 Å². The molecule has 9 nitrogen and oxygen atoms in total. The molecule has 1 aliphatic rings. The van der Waals surface area contributed by atoms with Crippen molar-refractivity contribution in [3.05, 3.63) is 48.2 Å². The van der Waals surface area contributed by atoms with E-state index in [0.29, 0.717) is 29.8 Å². The van der Waals surface area contributed by atoms with Crippen molar-refractivity contribution in [2.24, 2.45) is 5.92 Å². The van der Waals surface area contributed by atoms with Crippen molar-refractivity contribution >= 4 is 5.91 Å². The second-order valence-corrected chi connectivity index (χ2v) is 8.66. The number of methoxy groups -OCH3 is 2. The predicted octanol–water partition coefficient (Wildman–Crippen LogP) is 3.70. The molecule has 4 rings (SSSR count). The first-order valence-electron chi connectivity index (χ1n) is 11.7. The third kappa shape index (κ3) is 5.96. The van der Waals surface area contributed by atoms with E-state index >= 15 is 0 Å². The van der Waals surface area contributed by atoms with Crippen molar-refractivity contribution < 1.29 is 23.2 Å².